The molecule has 27 heavy (non-hydrogen) atoms. The summed E-state index contributed by atoms with van der Waals surface area (Å²) in [5, 5.41) is 0. The Labute approximate surface area is 171 Å². The van der Waals surface area contributed by atoms with Crippen LogP contribution in [-0.2, 0) is 30.7 Å². The zero-order valence-corrected chi connectivity index (χ0v) is 17.8. The number of hydrogen-bond acceptors (Lipinski definition) is 3. The van der Waals surface area contributed by atoms with E-state index in [4.69, 9.17) is 9.72 Å². The minimum absolute atomic E-state index is 0.355. The summed E-state index contributed by atoms with van der Waals surface area (Å²) >= 11 is 3.76. The van der Waals surface area contributed by atoms with Gasteiger partial charge in [-0.1, -0.05) is 28.1 Å². The van der Waals surface area contributed by atoms with E-state index < -0.39 is 0 Å². The third-order valence-corrected chi connectivity index (χ3v) is 6.56. The van der Waals surface area contributed by atoms with E-state index in [0.717, 1.165) is 26.2 Å². The predicted octanol–water partition coefficient (Wildman–Crippen LogP) is 5.21. The van der Waals surface area contributed by atoms with Gasteiger partial charge in [-0.3, -0.25) is 9.88 Å². The van der Waals surface area contributed by atoms with Gasteiger partial charge in [0.2, 0.25) is 0 Å². The third kappa shape index (κ3) is 4.79. The summed E-state index contributed by atoms with van der Waals surface area (Å²) in [7, 11) is 0. The lowest BCUT2D eigenvalue weighted by Crippen LogP contribution is -2.32. The van der Waals surface area contributed by atoms with Crippen molar-refractivity contribution in [3.8, 4) is 0 Å². The van der Waals surface area contributed by atoms with Crippen LogP contribution in [0, 0.1) is 6.92 Å². The Balaban J connectivity index is 1.56. The van der Waals surface area contributed by atoms with Gasteiger partial charge in [0.25, 0.3) is 0 Å². The summed E-state index contributed by atoms with van der Waals surface area (Å²) in [5.41, 5.74) is 6.91. The summed E-state index contributed by atoms with van der Waals surface area (Å²) in [6.07, 6.45) is 9.71. The fourth-order valence-electron chi connectivity index (χ4n) is 4.37. The molecule has 1 unspecified atom stereocenters. The summed E-state index contributed by atoms with van der Waals surface area (Å²) in [6.45, 7) is 5.85. The van der Waals surface area contributed by atoms with Gasteiger partial charge in [0.1, 0.15) is 0 Å². The maximum absolute atomic E-state index is 5.95. The summed E-state index contributed by atoms with van der Waals surface area (Å²) in [6, 6.07) is 8.88. The molecule has 1 aliphatic carbocycles. The van der Waals surface area contributed by atoms with Crippen molar-refractivity contribution in [1.29, 1.82) is 0 Å². The van der Waals surface area contributed by atoms with Crippen LogP contribution in [0.5, 0.6) is 0 Å². The molecule has 2 heterocycles. The predicted molar refractivity (Wildman–Crippen MR) is 113 cm³/mol. The number of aromatic nitrogens is 1. The van der Waals surface area contributed by atoms with Crippen LogP contribution in [-0.4, -0.2) is 29.1 Å². The molecule has 0 amide bonds. The van der Waals surface area contributed by atoms with Gasteiger partial charge in [0.15, 0.2) is 0 Å². The SMILES string of the molecule is Cc1ccc(CN(Cc2nccc3c2CCCC3)CC2CCCO2)c(Br)c1. The number of ether oxygens (including phenoxy) is 1. The van der Waals surface area contributed by atoms with Crippen molar-refractivity contribution in [3.05, 3.63) is 62.9 Å². The normalized spacial score (nSPS) is 19.4. The molecule has 1 fully saturated rings. The second kappa shape index (κ2) is 8.85. The highest BCUT2D eigenvalue weighted by molar-refractivity contribution is 9.10. The summed E-state index contributed by atoms with van der Waals surface area (Å²) in [4.78, 5) is 7.32. The molecule has 2 aliphatic rings. The number of benzene rings is 1. The highest BCUT2D eigenvalue weighted by Gasteiger charge is 2.22. The Kier molecular flexibility index (Phi) is 6.26. The molecule has 0 N–H and O–H groups in total. The Bertz CT molecular complexity index is 786. The first-order valence-electron chi connectivity index (χ1n) is 10.2. The Morgan fingerprint density at radius 1 is 1.15 bits per heavy atom. The molecule has 1 aromatic heterocycles. The minimum atomic E-state index is 0.355. The van der Waals surface area contributed by atoms with Gasteiger partial charge in [-0.15, -0.1) is 0 Å². The van der Waals surface area contributed by atoms with Gasteiger partial charge in [-0.25, -0.2) is 0 Å². The number of pyridine rings is 1. The third-order valence-electron chi connectivity index (χ3n) is 5.83. The first kappa shape index (κ1) is 19.1. The molecule has 1 aromatic carbocycles. The van der Waals surface area contributed by atoms with E-state index in [0.29, 0.717) is 6.10 Å². The molecule has 1 atom stereocenters. The van der Waals surface area contributed by atoms with Crippen LogP contribution in [0.15, 0.2) is 34.9 Å². The molecule has 144 valence electrons. The quantitative estimate of drug-likeness (QED) is 0.630. The van der Waals surface area contributed by atoms with E-state index in [1.165, 1.54) is 70.9 Å². The highest BCUT2D eigenvalue weighted by atomic mass is 79.9. The number of halogens is 1. The standard InChI is InChI=1S/C23H29BrN2O/c1-17-8-9-19(22(24)13-17)14-26(15-20-6-4-12-27-20)16-23-21-7-3-2-5-18(21)10-11-25-23/h8-11,13,20H,2-7,12,14-16H2,1H3. The van der Waals surface area contributed by atoms with Crippen LogP contribution in [0.25, 0.3) is 0 Å². The van der Waals surface area contributed by atoms with E-state index in [2.05, 4.69) is 52.0 Å². The van der Waals surface area contributed by atoms with Crippen LogP contribution in [0.4, 0.5) is 0 Å². The smallest absolute Gasteiger partial charge is 0.0703 e. The first-order valence-corrected chi connectivity index (χ1v) is 11.0. The molecule has 0 spiro atoms. The van der Waals surface area contributed by atoms with Crippen LogP contribution in [0.1, 0.15) is 53.6 Å². The maximum atomic E-state index is 5.95. The van der Waals surface area contributed by atoms with E-state index in [1.54, 1.807) is 0 Å². The van der Waals surface area contributed by atoms with Gasteiger partial charge in [-0.2, -0.15) is 0 Å². The minimum Gasteiger partial charge on any atom is -0.377 e. The second-order valence-corrected chi connectivity index (χ2v) is 8.86. The van der Waals surface area contributed by atoms with Crippen molar-refractivity contribution in [1.82, 2.24) is 9.88 Å². The van der Waals surface area contributed by atoms with Crippen molar-refractivity contribution in [3.63, 3.8) is 0 Å². The topological polar surface area (TPSA) is 25.4 Å². The summed E-state index contributed by atoms with van der Waals surface area (Å²) < 4.78 is 7.14. The van der Waals surface area contributed by atoms with Gasteiger partial charge in [0.05, 0.1) is 11.8 Å². The van der Waals surface area contributed by atoms with Crippen molar-refractivity contribution in [2.75, 3.05) is 13.2 Å². The number of fused-ring (bicyclic) bond motifs is 1. The van der Waals surface area contributed by atoms with Crippen LogP contribution in [0.3, 0.4) is 0 Å². The van der Waals surface area contributed by atoms with Crippen LogP contribution < -0.4 is 0 Å². The number of nitrogens with zero attached hydrogens (tertiary/aromatic N) is 2. The van der Waals surface area contributed by atoms with Gasteiger partial charge < -0.3 is 4.74 Å². The van der Waals surface area contributed by atoms with E-state index in [1.807, 2.05) is 6.20 Å². The zero-order chi connectivity index (χ0) is 18.6. The second-order valence-electron chi connectivity index (χ2n) is 8.00. The molecule has 1 saturated heterocycles. The molecular formula is C23H29BrN2O. The van der Waals surface area contributed by atoms with Crippen molar-refractivity contribution < 1.29 is 4.74 Å². The van der Waals surface area contributed by atoms with Crippen molar-refractivity contribution >= 4 is 15.9 Å². The van der Waals surface area contributed by atoms with Gasteiger partial charge in [0, 0.05) is 36.9 Å². The number of hydrogen-bond donors (Lipinski definition) is 0. The van der Waals surface area contributed by atoms with Crippen LogP contribution in [0.2, 0.25) is 0 Å². The highest BCUT2D eigenvalue weighted by Crippen LogP contribution is 2.26. The molecular weight excluding hydrogens is 400 g/mol. The van der Waals surface area contributed by atoms with E-state index >= 15 is 0 Å². The Morgan fingerprint density at radius 2 is 2.04 bits per heavy atom. The van der Waals surface area contributed by atoms with Crippen LogP contribution >= 0.6 is 15.9 Å². The van der Waals surface area contributed by atoms with Crippen molar-refractivity contribution in [2.24, 2.45) is 0 Å². The maximum Gasteiger partial charge on any atom is 0.0703 e. The fraction of sp³-hybridized carbons (Fsp3) is 0.522. The van der Waals surface area contributed by atoms with Gasteiger partial charge >= 0.3 is 0 Å². The largest absolute Gasteiger partial charge is 0.377 e. The molecule has 3 nitrogen and oxygen atoms in total. The lowest BCUT2D eigenvalue weighted by Gasteiger charge is -2.27. The monoisotopic (exact) mass is 428 g/mol. The molecule has 4 heteroatoms. The zero-order valence-electron chi connectivity index (χ0n) is 16.2. The molecule has 1 aliphatic heterocycles. The molecule has 0 saturated carbocycles. The average Bonchev–Trinajstić information content (AvgIpc) is 3.17. The molecule has 4 rings (SSSR count). The lowest BCUT2D eigenvalue weighted by molar-refractivity contribution is 0.0673. The average molecular weight is 429 g/mol. The first-order chi connectivity index (χ1) is 13.2. The number of rotatable bonds is 6. The summed E-state index contributed by atoms with van der Waals surface area (Å²) in [5.74, 6) is 0. The molecule has 2 aromatic rings. The Morgan fingerprint density at radius 3 is 2.85 bits per heavy atom. The Hall–Kier alpha value is -1.23. The molecule has 0 radical (unpaired) electrons. The van der Waals surface area contributed by atoms with Crippen molar-refractivity contribution in [2.45, 2.75) is 64.6 Å². The molecule has 0 bridgehead atoms. The lowest BCUT2D eigenvalue weighted by atomic mass is 9.91. The van der Waals surface area contributed by atoms with E-state index in [-0.39, 0.29) is 0 Å². The number of aryl methyl sites for hydroxylation is 2. The fourth-order valence-corrected chi connectivity index (χ4v) is 4.99. The van der Waals surface area contributed by atoms with E-state index in [9.17, 15) is 0 Å². The van der Waals surface area contributed by atoms with Gasteiger partial charge in [-0.05, 0) is 79.8 Å².